The summed E-state index contributed by atoms with van der Waals surface area (Å²) in [5.41, 5.74) is 7.74. The lowest BCUT2D eigenvalue weighted by Gasteiger charge is -2.10. The van der Waals surface area contributed by atoms with Crippen molar-refractivity contribution >= 4 is 0 Å². The number of ether oxygens (including phenoxy) is 1. The Morgan fingerprint density at radius 3 is 2.77 bits per heavy atom. The fourth-order valence-electron chi connectivity index (χ4n) is 1.19. The normalized spacial score (nSPS) is 12.6. The van der Waals surface area contributed by atoms with Crippen molar-refractivity contribution in [2.75, 3.05) is 13.7 Å². The maximum atomic E-state index is 5.58. The van der Waals surface area contributed by atoms with Crippen molar-refractivity contribution in [2.24, 2.45) is 5.73 Å². The molecule has 2 N–H and O–H groups in total. The highest BCUT2D eigenvalue weighted by Gasteiger charge is 2.06. The molecule has 3 nitrogen and oxygen atoms in total. The molecule has 0 fully saturated rings. The van der Waals surface area contributed by atoms with Crippen molar-refractivity contribution in [3.63, 3.8) is 0 Å². The van der Waals surface area contributed by atoms with Gasteiger partial charge in [0.05, 0.1) is 7.11 Å². The Labute approximate surface area is 78.9 Å². The van der Waals surface area contributed by atoms with Crippen LogP contribution in [0.4, 0.5) is 0 Å². The van der Waals surface area contributed by atoms with Gasteiger partial charge in [-0.3, -0.25) is 0 Å². The molecule has 0 radical (unpaired) electrons. The SMILES string of the molecule is COc1cc(C(C)CN)cc(C)n1. The lowest BCUT2D eigenvalue weighted by atomic mass is 10.0. The van der Waals surface area contributed by atoms with Crippen LogP contribution in [0.5, 0.6) is 5.88 Å². The average molecular weight is 180 g/mol. The lowest BCUT2D eigenvalue weighted by molar-refractivity contribution is 0.396. The second kappa shape index (κ2) is 4.23. The molecule has 1 atom stereocenters. The van der Waals surface area contributed by atoms with E-state index < -0.39 is 0 Å². The van der Waals surface area contributed by atoms with Crippen LogP contribution in [0.1, 0.15) is 24.1 Å². The number of nitrogens with zero attached hydrogens (tertiary/aromatic N) is 1. The third-order valence-corrected chi connectivity index (χ3v) is 2.08. The van der Waals surface area contributed by atoms with Crippen LogP contribution in [0.2, 0.25) is 0 Å². The molecule has 0 spiro atoms. The Bertz CT molecular complexity index is 286. The number of nitrogens with two attached hydrogens (primary N) is 1. The van der Waals surface area contributed by atoms with Gasteiger partial charge >= 0.3 is 0 Å². The van der Waals surface area contributed by atoms with Gasteiger partial charge in [-0.1, -0.05) is 6.92 Å². The van der Waals surface area contributed by atoms with Gasteiger partial charge in [0.25, 0.3) is 0 Å². The van der Waals surface area contributed by atoms with E-state index in [0.717, 1.165) is 5.69 Å². The van der Waals surface area contributed by atoms with Crippen LogP contribution in [0.15, 0.2) is 12.1 Å². The molecule has 72 valence electrons. The standard InChI is InChI=1S/C10H16N2O/c1-7(6-11)9-4-8(2)12-10(5-9)13-3/h4-5,7H,6,11H2,1-3H3. The van der Waals surface area contributed by atoms with Gasteiger partial charge in [0.2, 0.25) is 5.88 Å². The summed E-state index contributed by atoms with van der Waals surface area (Å²) in [6.07, 6.45) is 0. The summed E-state index contributed by atoms with van der Waals surface area (Å²) in [6.45, 7) is 4.69. The number of aromatic nitrogens is 1. The van der Waals surface area contributed by atoms with Gasteiger partial charge in [-0.25, -0.2) is 4.98 Å². The van der Waals surface area contributed by atoms with Crippen molar-refractivity contribution in [3.8, 4) is 5.88 Å². The smallest absolute Gasteiger partial charge is 0.213 e. The van der Waals surface area contributed by atoms with Gasteiger partial charge in [-0.15, -0.1) is 0 Å². The average Bonchev–Trinajstić information content (AvgIpc) is 2.15. The minimum atomic E-state index is 0.357. The predicted molar refractivity (Wildman–Crippen MR) is 53.0 cm³/mol. The van der Waals surface area contributed by atoms with E-state index in [1.54, 1.807) is 7.11 Å². The summed E-state index contributed by atoms with van der Waals surface area (Å²) in [5, 5.41) is 0. The first-order valence-corrected chi connectivity index (χ1v) is 4.40. The highest BCUT2D eigenvalue weighted by atomic mass is 16.5. The van der Waals surface area contributed by atoms with E-state index in [9.17, 15) is 0 Å². The molecule has 1 aromatic heterocycles. The summed E-state index contributed by atoms with van der Waals surface area (Å²) in [7, 11) is 1.62. The summed E-state index contributed by atoms with van der Waals surface area (Å²) in [6, 6.07) is 3.98. The summed E-state index contributed by atoms with van der Waals surface area (Å²) < 4.78 is 5.08. The van der Waals surface area contributed by atoms with Crippen molar-refractivity contribution in [1.82, 2.24) is 4.98 Å². The van der Waals surface area contributed by atoms with E-state index in [4.69, 9.17) is 10.5 Å². The first kappa shape index (κ1) is 9.99. The van der Waals surface area contributed by atoms with Gasteiger partial charge in [0.15, 0.2) is 0 Å². The summed E-state index contributed by atoms with van der Waals surface area (Å²) in [5.74, 6) is 1.02. The van der Waals surface area contributed by atoms with Gasteiger partial charge < -0.3 is 10.5 Å². The van der Waals surface area contributed by atoms with Crippen LogP contribution < -0.4 is 10.5 Å². The Balaban J connectivity index is 3.01. The van der Waals surface area contributed by atoms with E-state index in [1.165, 1.54) is 5.56 Å². The number of aryl methyl sites for hydroxylation is 1. The van der Waals surface area contributed by atoms with Crippen LogP contribution in [-0.4, -0.2) is 18.6 Å². The van der Waals surface area contributed by atoms with Crippen LogP contribution >= 0.6 is 0 Å². The van der Waals surface area contributed by atoms with E-state index in [2.05, 4.69) is 11.9 Å². The molecule has 0 aliphatic heterocycles. The van der Waals surface area contributed by atoms with E-state index in [-0.39, 0.29) is 0 Å². The second-order valence-corrected chi connectivity index (χ2v) is 3.22. The molecule has 0 saturated carbocycles. The molecular formula is C10H16N2O. The molecule has 0 bridgehead atoms. The van der Waals surface area contributed by atoms with Crippen LogP contribution in [0.25, 0.3) is 0 Å². The molecule has 0 saturated heterocycles. The maximum Gasteiger partial charge on any atom is 0.213 e. The molecule has 0 amide bonds. The zero-order valence-electron chi connectivity index (χ0n) is 8.37. The Morgan fingerprint density at radius 1 is 1.54 bits per heavy atom. The maximum absolute atomic E-state index is 5.58. The first-order chi connectivity index (χ1) is 6.17. The highest BCUT2D eigenvalue weighted by Crippen LogP contribution is 2.19. The van der Waals surface area contributed by atoms with Crippen molar-refractivity contribution in [3.05, 3.63) is 23.4 Å². The highest BCUT2D eigenvalue weighted by molar-refractivity contribution is 5.27. The molecule has 1 rings (SSSR count). The minimum Gasteiger partial charge on any atom is -0.481 e. The topological polar surface area (TPSA) is 48.1 Å². The van der Waals surface area contributed by atoms with Gasteiger partial charge in [0.1, 0.15) is 0 Å². The van der Waals surface area contributed by atoms with Gasteiger partial charge in [-0.05, 0) is 31.0 Å². The molecule has 3 heteroatoms. The fourth-order valence-corrected chi connectivity index (χ4v) is 1.19. The molecule has 1 heterocycles. The number of pyridine rings is 1. The third-order valence-electron chi connectivity index (χ3n) is 2.08. The Morgan fingerprint density at radius 2 is 2.23 bits per heavy atom. The second-order valence-electron chi connectivity index (χ2n) is 3.22. The van der Waals surface area contributed by atoms with Crippen LogP contribution in [-0.2, 0) is 0 Å². The van der Waals surface area contributed by atoms with E-state index in [0.29, 0.717) is 18.3 Å². The monoisotopic (exact) mass is 180 g/mol. The Hall–Kier alpha value is -1.09. The van der Waals surface area contributed by atoms with E-state index in [1.807, 2.05) is 19.1 Å². The van der Waals surface area contributed by atoms with Crippen molar-refractivity contribution in [1.29, 1.82) is 0 Å². The van der Waals surface area contributed by atoms with Gasteiger partial charge in [-0.2, -0.15) is 0 Å². The number of methoxy groups -OCH3 is 1. The molecule has 0 aliphatic rings. The molecular weight excluding hydrogens is 164 g/mol. The van der Waals surface area contributed by atoms with Crippen LogP contribution in [0.3, 0.4) is 0 Å². The van der Waals surface area contributed by atoms with Crippen molar-refractivity contribution in [2.45, 2.75) is 19.8 Å². The summed E-state index contributed by atoms with van der Waals surface area (Å²) >= 11 is 0. The third kappa shape index (κ3) is 2.42. The zero-order valence-corrected chi connectivity index (χ0v) is 8.37. The Kier molecular flexibility index (Phi) is 3.25. The molecule has 13 heavy (non-hydrogen) atoms. The van der Waals surface area contributed by atoms with Crippen molar-refractivity contribution < 1.29 is 4.74 Å². The predicted octanol–water partition coefficient (Wildman–Crippen LogP) is 1.46. The first-order valence-electron chi connectivity index (χ1n) is 4.40. The number of hydrogen-bond acceptors (Lipinski definition) is 3. The largest absolute Gasteiger partial charge is 0.481 e. The number of hydrogen-bond donors (Lipinski definition) is 1. The quantitative estimate of drug-likeness (QED) is 0.766. The number of rotatable bonds is 3. The molecule has 0 aliphatic carbocycles. The molecule has 0 aromatic carbocycles. The lowest BCUT2D eigenvalue weighted by Crippen LogP contribution is -2.09. The summed E-state index contributed by atoms with van der Waals surface area (Å²) in [4.78, 5) is 4.21. The zero-order chi connectivity index (χ0) is 9.84. The molecule has 1 aromatic rings. The fraction of sp³-hybridized carbons (Fsp3) is 0.500. The molecule has 1 unspecified atom stereocenters. The minimum absolute atomic E-state index is 0.357. The van der Waals surface area contributed by atoms with Gasteiger partial charge in [0, 0.05) is 11.8 Å². The van der Waals surface area contributed by atoms with E-state index >= 15 is 0 Å². The van der Waals surface area contributed by atoms with Crippen LogP contribution in [0, 0.1) is 6.92 Å².